The Morgan fingerprint density at radius 1 is 1.24 bits per heavy atom. The number of aryl methyl sites for hydroxylation is 3. The number of aromatic nitrogens is 2. The van der Waals surface area contributed by atoms with E-state index >= 15 is 0 Å². The molecule has 1 aliphatic rings. The third-order valence-electron chi connectivity index (χ3n) is 4.97. The van der Waals surface area contributed by atoms with Crippen molar-refractivity contribution in [2.24, 2.45) is 4.99 Å². The summed E-state index contributed by atoms with van der Waals surface area (Å²) < 4.78 is 2.04. The summed E-state index contributed by atoms with van der Waals surface area (Å²) >= 11 is 0. The molecule has 0 saturated carbocycles. The fraction of sp³-hybridized carbons (Fsp3) is 0.476. The molecule has 1 amide bonds. The first kappa shape index (κ1) is 20.7. The van der Waals surface area contributed by atoms with Crippen LogP contribution in [0.15, 0.2) is 35.3 Å². The van der Waals surface area contributed by atoms with Crippen molar-refractivity contribution in [1.82, 2.24) is 25.7 Å². The number of nitrogens with one attached hydrogen (secondary N) is 3. The Balaban J connectivity index is 1.40. The fourth-order valence-electron chi connectivity index (χ4n) is 3.43. The quantitative estimate of drug-likeness (QED) is 0.371. The lowest BCUT2D eigenvalue weighted by molar-refractivity contribution is -0.120. The summed E-state index contributed by atoms with van der Waals surface area (Å²) in [6.07, 6.45) is 0.973. The van der Waals surface area contributed by atoms with Crippen molar-refractivity contribution in [2.75, 3.05) is 38.1 Å². The summed E-state index contributed by atoms with van der Waals surface area (Å²) in [5.41, 5.74) is 4.50. The van der Waals surface area contributed by atoms with Gasteiger partial charge in [-0.3, -0.25) is 14.5 Å². The van der Waals surface area contributed by atoms with Crippen molar-refractivity contribution in [1.29, 1.82) is 0 Å². The molecule has 3 rings (SSSR count). The van der Waals surface area contributed by atoms with Crippen LogP contribution >= 0.6 is 0 Å². The maximum atomic E-state index is 11.5. The van der Waals surface area contributed by atoms with E-state index < -0.39 is 0 Å². The largest absolute Gasteiger partial charge is 0.360 e. The molecule has 0 aliphatic carbocycles. The van der Waals surface area contributed by atoms with E-state index in [0.29, 0.717) is 19.6 Å². The number of carbonyl (C=O) groups is 1. The molecule has 1 aromatic heterocycles. The second-order valence-corrected chi connectivity index (χ2v) is 7.29. The minimum absolute atomic E-state index is 0.0784. The van der Waals surface area contributed by atoms with E-state index in [-0.39, 0.29) is 5.91 Å². The summed E-state index contributed by atoms with van der Waals surface area (Å²) in [4.78, 5) is 17.9. The zero-order chi connectivity index (χ0) is 20.6. The van der Waals surface area contributed by atoms with Crippen molar-refractivity contribution in [3.63, 3.8) is 0 Å². The van der Waals surface area contributed by atoms with Crippen molar-refractivity contribution < 1.29 is 4.79 Å². The molecule has 0 radical (unpaired) electrons. The van der Waals surface area contributed by atoms with Gasteiger partial charge in [0.1, 0.15) is 0 Å². The topological polar surface area (TPSA) is 86.6 Å². The number of piperazine rings is 1. The second-order valence-electron chi connectivity index (χ2n) is 7.29. The van der Waals surface area contributed by atoms with Crippen LogP contribution in [0.4, 0.5) is 5.69 Å². The second kappa shape index (κ2) is 9.95. The highest BCUT2D eigenvalue weighted by molar-refractivity contribution is 5.82. The fourth-order valence-corrected chi connectivity index (χ4v) is 3.43. The van der Waals surface area contributed by atoms with Gasteiger partial charge in [0.15, 0.2) is 5.96 Å². The van der Waals surface area contributed by atoms with Gasteiger partial charge in [-0.2, -0.15) is 5.10 Å². The zero-order valence-electron chi connectivity index (χ0n) is 17.5. The summed E-state index contributed by atoms with van der Waals surface area (Å²) in [6, 6.07) is 10.4. The Bertz CT molecular complexity index is 841. The Kier molecular flexibility index (Phi) is 7.10. The van der Waals surface area contributed by atoms with Gasteiger partial charge in [0, 0.05) is 51.2 Å². The molecule has 1 fully saturated rings. The highest BCUT2D eigenvalue weighted by Crippen LogP contribution is 2.16. The van der Waals surface area contributed by atoms with Gasteiger partial charge in [-0.25, -0.2) is 0 Å². The Hall–Kier alpha value is -3.03. The van der Waals surface area contributed by atoms with E-state index in [4.69, 9.17) is 0 Å². The molecule has 1 aliphatic heterocycles. The van der Waals surface area contributed by atoms with Gasteiger partial charge >= 0.3 is 0 Å². The average Bonchev–Trinajstić information content (AvgIpc) is 3.05. The number of hydrogen-bond donors (Lipinski definition) is 3. The van der Waals surface area contributed by atoms with Crippen molar-refractivity contribution >= 4 is 17.6 Å². The maximum Gasteiger partial charge on any atom is 0.239 e. The molecule has 8 nitrogen and oxygen atoms in total. The minimum Gasteiger partial charge on any atom is -0.360 e. The number of guanidine groups is 1. The van der Waals surface area contributed by atoms with Crippen LogP contribution < -0.4 is 20.9 Å². The van der Waals surface area contributed by atoms with Crippen molar-refractivity contribution in [2.45, 2.75) is 33.4 Å². The van der Waals surface area contributed by atoms with Crippen LogP contribution in [0.5, 0.6) is 0 Å². The molecule has 0 spiro atoms. The maximum absolute atomic E-state index is 11.5. The third kappa shape index (κ3) is 5.97. The Labute approximate surface area is 172 Å². The molecule has 1 aromatic carbocycles. The number of aliphatic imine (C=N–C) groups is 1. The smallest absolute Gasteiger partial charge is 0.239 e. The molecule has 2 heterocycles. The van der Waals surface area contributed by atoms with E-state index in [0.717, 1.165) is 43.4 Å². The van der Waals surface area contributed by atoms with Gasteiger partial charge in [0.05, 0.1) is 12.2 Å². The number of carbonyl (C=O) groups excluding carboxylic acids is 1. The lowest BCUT2D eigenvalue weighted by atomic mass is 10.2. The highest BCUT2D eigenvalue weighted by Gasteiger charge is 2.16. The zero-order valence-corrected chi connectivity index (χ0v) is 17.5. The van der Waals surface area contributed by atoms with Crippen LogP contribution in [0, 0.1) is 13.8 Å². The van der Waals surface area contributed by atoms with Crippen molar-refractivity contribution in [3.05, 3.63) is 47.3 Å². The van der Waals surface area contributed by atoms with Gasteiger partial charge in [0.2, 0.25) is 5.91 Å². The number of benzene rings is 1. The van der Waals surface area contributed by atoms with Crippen LogP contribution in [0.2, 0.25) is 0 Å². The van der Waals surface area contributed by atoms with Crippen LogP contribution in [0.3, 0.4) is 0 Å². The standard InChI is InChI=1S/C21H31N7O/c1-16-13-17(2)28(26-16)11-4-9-24-21(22-3)25-14-18-5-7-19(8-6-18)27-12-10-23-20(29)15-27/h5-8,13H,4,9-12,14-15H2,1-3H3,(H,23,29)(H2,22,24,25). The first-order valence-electron chi connectivity index (χ1n) is 10.1. The first-order chi connectivity index (χ1) is 14.0. The summed E-state index contributed by atoms with van der Waals surface area (Å²) in [5.74, 6) is 0.866. The van der Waals surface area contributed by atoms with Gasteiger partial charge in [-0.05, 0) is 44.0 Å². The Morgan fingerprint density at radius 2 is 2.03 bits per heavy atom. The van der Waals surface area contributed by atoms with E-state index in [9.17, 15) is 4.79 Å². The van der Waals surface area contributed by atoms with Crippen LogP contribution in [0.25, 0.3) is 0 Å². The number of hydrogen-bond acceptors (Lipinski definition) is 4. The summed E-state index contributed by atoms with van der Waals surface area (Å²) in [6.45, 7) is 8.47. The number of anilines is 1. The Morgan fingerprint density at radius 3 is 2.69 bits per heavy atom. The predicted molar refractivity (Wildman–Crippen MR) is 116 cm³/mol. The monoisotopic (exact) mass is 397 g/mol. The molecule has 0 bridgehead atoms. The molecule has 156 valence electrons. The number of nitrogens with zero attached hydrogens (tertiary/aromatic N) is 4. The van der Waals surface area contributed by atoms with Gasteiger partial charge in [-0.1, -0.05) is 12.1 Å². The lowest BCUT2D eigenvalue weighted by Gasteiger charge is -2.28. The SMILES string of the molecule is CN=C(NCCCn1nc(C)cc1C)NCc1ccc(N2CCNC(=O)C2)cc1. The van der Waals surface area contributed by atoms with Crippen LogP contribution in [-0.4, -0.2) is 54.9 Å². The van der Waals surface area contributed by atoms with Gasteiger partial charge in [-0.15, -0.1) is 0 Å². The van der Waals surface area contributed by atoms with E-state index in [1.54, 1.807) is 7.05 Å². The molecule has 2 aromatic rings. The minimum atomic E-state index is 0.0784. The van der Waals surface area contributed by atoms with Gasteiger partial charge in [0.25, 0.3) is 0 Å². The normalized spacial score (nSPS) is 14.7. The van der Waals surface area contributed by atoms with Gasteiger partial charge < -0.3 is 20.9 Å². The molecule has 8 heteroatoms. The average molecular weight is 398 g/mol. The number of amides is 1. The molecule has 0 atom stereocenters. The molecule has 0 unspecified atom stereocenters. The molecule has 1 saturated heterocycles. The van der Waals surface area contributed by atoms with E-state index in [1.165, 1.54) is 11.3 Å². The van der Waals surface area contributed by atoms with E-state index in [2.05, 4.69) is 68.2 Å². The third-order valence-corrected chi connectivity index (χ3v) is 4.97. The predicted octanol–water partition coefficient (Wildman–Crippen LogP) is 1.19. The summed E-state index contributed by atoms with van der Waals surface area (Å²) in [5, 5.41) is 14.0. The summed E-state index contributed by atoms with van der Waals surface area (Å²) in [7, 11) is 1.78. The highest BCUT2D eigenvalue weighted by atomic mass is 16.2. The number of rotatable bonds is 7. The molecular formula is C21H31N7O. The van der Waals surface area contributed by atoms with Crippen LogP contribution in [-0.2, 0) is 17.9 Å². The lowest BCUT2D eigenvalue weighted by Crippen LogP contribution is -2.47. The molecule has 3 N–H and O–H groups in total. The van der Waals surface area contributed by atoms with Crippen molar-refractivity contribution in [3.8, 4) is 0 Å². The molecule has 29 heavy (non-hydrogen) atoms. The van der Waals surface area contributed by atoms with Crippen LogP contribution in [0.1, 0.15) is 23.4 Å². The molecular weight excluding hydrogens is 366 g/mol. The first-order valence-corrected chi connectivity index (χ1v) is 10.1. The van der Waals surface area contributed by atoms with E-state index in [1.807, 2.05) is 11.6 Å².